The van der Waals surface area contributed by atoms with E-state index in [1.165, 1.54) is 18.3 Å². The molecule has 0 radical (unpaired) electrons. The zero-order chi connectivity index (χ0) is 9.97. The summed E-state index contributed by atoms with van der Waals surface area (Å²) in [6.07, 6.45) is 0. The summed E-state index contributed by atoms with van der Waals surface area (Å²) >= 11 is 1.39. The van der Waals surface area contributed by atoms with Crippen molar-refractivity contribution < 1.29 is 4.79 Å². The molecule has 70 valence electrons. The first-order chi connectivity index (χ1) is 6.77. The van der Waals surface area contributed by atoms with Crippen molar-refractivity contribution in [3.05, 3.63) is 40.7 Å². The molecule has 0 amide bonds. The van der Waals surface area contributed by atoms with Gasteiger partial charge in [0.1, 0.15) is 0 Å². The summed E-state index contributed by atoms with van der Waals surface area (Å²) in [6, 6.07) is 9.85. The molecule has 2 rings (SSSR count). The van der Waals surface area contributed by atoms with E-state index in [0.29, 0.717) is 5.01 Å². The first-order valence-corrected chi connectivity index (χ1v) is 5.17. The first kappa shape index (κ1) is 9.09. The summed E-state index contributed by atoms with van der Waals surface area (Å²) in [5.74, 6) is 0.0252. The molecule has 2 nitrogen and oxygen atoms in total. The predicted molar refractivity (Wildman–Crippen MR) is 57.6 cm³/mol. The van der Waals surface area contributed by atoms with Crippen LogP contribution in [0.5, 0.6) is 0 Å². The van der Waals surface area contributed by atoms with Crippen LogP contribution in [0.1, 0.15) is 16.7 Å². The molecular weight excluding hydrogens is 194 g/mol. The van der Waals surface area contributed by atoms with Crippen molar-refractivity contribution in [2.24, 2.45) is 0 Å². The molecule has 1 aromatic heterocycles. The number of rotatable bonds is 2. The number of ketones is 1. The summed E-state index contributed by atoms with van der Waals surface area (Å²) in [4.78, 5) is 15.3. The van der Waals surface area contributed by atoms with Crippen LogP contribution in [0.15, 0.2) is 35.7 Å². The predicted octanol–water partition coefficient (Wildman–Crippen LogP) is 3.01. The van der Waals surface area contributed by atoms with Gasteiger partial charge in [-0.05, 0) is 0 Å². The molecule has 0 saturated heterocycles. The van der Waals surface area contributed by atoms with Crippen LogP contribution in [-0.2, 0) is 0 Å². The highest BCUT2D eigenvalue weighted by molar-refractivity contribution is 7.12. The Bertz CT molecular complexity index is 447. The van der Waals surface area contributed by atoms with Gasteiger partial charge in [0.05, 0.1) is 5.69 Å². The third-order valence-corrected chi connectivity index (χ3v) is 2.82. The third-order valence-electron chi connectivity index (χ3n) is 1.87. The number of nitrogens with zero attached hydrogens (tertiary/aromatic N) is 1. The van der Waals surface area contributed by atoms with Crippen molar-refractivity contribution >= 4 is 17.1 Å². The summed E-state index contributed by atoms with van der Waals surface area (Å²) in [7, 11) is 0. The van der Waals surface area contributed by atoms with Gasteiger partial charge in [0.15, 0.2) is 10.8 Å². The van der Waals surface area contributed by atoms with Gasteiger partial charge in [-0.3, -0.25) is 4.79 Å². The maximum Gasteiger partial charge on any atom is 0.188 e. The lowest BCUT2D eigenvalue weighted by Gasteiger charge is -1.93. The molecule has 0 saturated carbocycles. The molecule has 0 atom stereocenters. The van der Waals surface area contributed by atoms with Crippen molar-refractivity contribution in [2.75, 3.05) is 0 Å². The standard InChI is InChI=1S/C11H9NOS/c1-8(13)11-12-10(7-14-11)9-5-3-2-4-6-9/h2-7H,1H3. The van der Waals surface area contributed by atoms with E-state index in [1.54, 1.807) is 0 Å². The lowest BCUT2D eigenvalue weighted by molar-refractivity contribution is 0.101. The number of thiazole rings is 1. The first-order valence-electron chi connectivity index (χ1n) is 4.29. The Morgan fingerprint density at radius 2 is 2.00 bits per heavy atom. The molecule has 0 N–H and O–H groups in total. The van der Waals surface area contributed by atoms with E-state index in [4.69, 9.17) is 0 Å². The molecule has 0 fully saturated rings. The largest absolute Gasteiger partial charge is 0.292 e. The number of hydrogen-bond donors (Lipinski definition) is 0. The van der Waals surface area contributed by atoms with Gasteiger partial charge in [0.25, 0.3) is 0 Å². The lowest BCUT2D eigenvalue weighted by atomic mass is 10.2. The molecule has 14 heavy (non-hydrogen) atoms. The number of hydrogen-bond acceptors (Lipinski definition) is 3. The van der Waals surface area contributed by atoms with Gasteiger partial charge >= 0.3 is 0 Å². The minimum atomic E-state index is 0.0252. The summed E-state index contributed by atoms with van der Waals surface area (Å²) in [6.45, 7) is 1.54. The third kappa shape index (κ3) is 1.72. The van der Waals surface area contributed by atoms with Gasteiger partial charge in [0.2, 0.25) is 0 Å². The Morgan fingerprint density at radius 3 is 2.57 bits per heavy atom. The molecule has 0 bridgehead atoms. The topological polar surface area (TPSA) is 30.0 Å². The van der Waals surface area contributed by atoms with Crippen LogP contribution in [-0.4, -0.2) is 10.8 Å². The summed E-state index contributed by atoms with van der Waals surface area (Å²) in [5.41, 5.74) is 1.93. The Balaban J connectivity index is 2.39. The average molecular weight is 203 g/mol. The number of aromatic nitrogens is 1. The highest BCUT2D eigenvalue weighted by Crippen LogP contribution is 2.21. The molecule has 0 aliphatic heterocycles. The number of benzene rings is 1. The van der Waals surface area contributed by atoms with Crippen LogP contribution < -0.4 is 0 Å². The van der Waals surface area contributed by atoms with E-state index in [9.17, 15) is 4.79 Å². The minimum Gasteiger partial charge on any atom is -0.292 e. The van der Waals surface area contributed by atoms with E-state index in [0.717, 1.165) is 11.3 Å². The summed E-state index contributed by atoms with van der Waals surface area (Å²) in [5, 5.41) is 2.48. The van der Waals surface area contributed by atoms with Crippen LogP contribution in [0.25, 0.3) is 11.3 Å². The second-order valence-corrected chi connectivity index (χ2v) is 3.82. The monoisotopic (exact) mass is 203 g/mol. The fourth-order valence-electron chi connectivity index (χ4n) is 1.18. The zero-order valence-corrected chi connectivity index (χ0v) is 8.54. The van der Waals surface area contributed by atoms with Crippen LogP contribution in [0, 0.1) is 0 Å². The highest BCUT2D eigenvalue weighted by atomic mass is 32.1. The minimum absolute atomic E-state index is 0.0252. The van der Waals surface area contributed by atoms with Gasteiger partial charge in [-0.15, -0.1) is 11.3 Å². The summed E-state index contributed by atoms with van der Waals surface area (Å²) < 4.78 is 0. The molecule has 0 aliphatic carbocycles. The molecule has 1 heterocycles. The Morgan fingerprint density at radius 1 is 1.29 bits per heavy atom. The number of carbonyl (C=O) groups excluding carboxylic acids is 1. The molecule has 1 aromatic carbocycles. The van der Waals surface area contributed by atoms with Crippen LogP contribution >= 0.6 is 11.3 Å². The van der Waals surface area contributed by atoms with Gasteiger partial charge in [0, 0.05) is 17.9 Å². The SMILES string of the molecule is CC(=O)c1nc(-c2ccccc2)cs1. The highest BCUT2D eigenvalue weighted by Gasteiger charge is 2.06. The van der Waals surface area contributed by atoms with Gasteiger partial charge in [-0.25, -0.2) is 4.98 Å². The molecular formula is C11H9NOS. The van der Waals surface area contributed by atoms with E-state index in [1.807, 2.05) is 35.7 Å². The zero-order valence-electron chi connectivity index (χ0n) is 7.73. The second-order valence-electron chi connectivity index (χ2n) is 2.96. The van der Waals surface area contributed by atoms with Crippen molar-refractivity contribution in [1.29, 1.82) is 0 Å². The van der Waals surface area contributed by atoms with E-state index >= 15 is 0 Å². The quantitative estimate of drug-likeness (QED) is 0.702. The van der Waals surface area contributed by atoms with Crippen molar-refractivity contribution in [1.82, 2.24) is 4.98 Å². The van der Waals surface area contributed by atoms with Gasteiger partial charge in [-0.2, -0.15) is 0 Å². The fraction of sp³-hybridized carbons (Fsp3) is 0.0909. The molecule has 0 aliphatic rings. The van der Waals surface area contributed by atoms with Crippen LogP contribution in [0.3, 0.4) is 0 Å². The smallest absolute Gasteiger partial charge is 0.188 e. The van der Waals surface area contributed by atoms with Crippen LogP contribution in [0.4, 0.5) is 0 Å². The van der Waals surface area contributed by atoms with Crippen molar-refractivity contribution in [3.8, 4) is 11.3 Å². The van der Waals surface area contributed by atoms with E-state index in [-0.39, 0.29) is 5.78 Å². The number of Topliss-reactive ketones (excluding diaryl/α,β-unsaturated/α-hetero) is 1. The van der Waals surface area contributed by atoms with Crippen molar-refractivity contribution in [2.45, 2.75) is 6.92 Å². The van der Waals surface area contributed by atoms with Gasteiger partial charge in [-0.1, -0.05) is 30.3 Å². The second kappa shape index (κ2) is 3.72. The Labute approximate surface area is 86.2 Å². The van der Waals surface area contributed by atoms with E-state index in [2.05, 4.69) is 4.98 Å². The average Bonchev–Trinajstić information content (AvgIpc) is 2.68. The molecule has 0 spiro atoms. The Hall–Kier alpha value is -1.48. The van der Waals surface area contributed by atoms with Crippen LogP contribution in [0.2, 0.25) is 0 Å². The van der Waals surface area contributed by atoms with Crippen molar-refractivity contribution in [3.63, 3.8) is 0 Å². The van der Waals surface area contributed by atoms with E-state index < -0.39 is 0 Å². The molecule has 0 unspecified atom stereocenters. The molecule has 3 heteroatoms. The fourth-order valence-corrected chi connectivity index (χ4v) is 1.91. The maximum absolute atomic E-state index is 11.0. The lowest BCUT2D eigenvalue weighted by Crippen LogP contribution is -1.89. The van der Waals surface area contributed by atoms with Gasteiger partial charge < -0.3 is 0 Å². The normalized spacial score (nSPS) is 10.1. The Kier molecular flexibility index (Phi) is 2.41. The molecule has 2 aromatic rings. The maximum atomic E-state index is 11.0. The number of carbonyl (C=O) groups is 1.